The van der Waals surface area contributed by atoms with E-state index in [0.29, 0.717) is 5.56 Å². The minimum Gasteiger partial charge on any atom is -0.329 e. The summed E-state index contributed by atoms with van der Waals surface area (Å²) in [6.07, 6.45) is 0.934. The van der Waals surface area contributed by atoms with E-state index in [9.17, 15) is 8.78 Å². The third-order valence-corrected chi connectivity index (χ3v) is 3.34. The van der Waals surface area contributed by atoms with Crippen molar-refractivity contribution in [3.63, 3.8) is 0 Å². The van der Waals surface area contributed by atoms with Crippen LogP contribution < -0.4 is 5.73 Å². The van der Waals surface area contributed by atoms with Crippen molar-refractivity contribution >= 4 is 0 Å². The highest BCUT2D eigenvalue weighted by Crippen LogP contribution is 2.25. The van der Waals surface area contributed by atoms with E-state index < -0.39 is 11.6 Å². The summed E-state index contributed by atoms with van der Waals surface area (Å²) in [5.74, 6) is -1.61. The predicted molar refractivity (Wildman–Crippen MR) is 65.7 cm³/mol. The van der Waals surface area contributed by atoms with Crippen LogP contribution in [0, 0.1) is 11.6 Å². The Labute approximate surface area is 101 Å². The quantitative estimate of drug-likeness (QED) is 0.860. The van der Waals surface area contributed by atoms with Crippen LogP contribution in [0.25, 0.3) is 0 Å². The van der Waals surface area contributed by atoms with Crippen LogP contribution in [0.5, 0.6) is 0 Å². The average Bonchev–Trinajstić information content (AvgIpc) is 2.34. The first-order valence-electron chi connectivity index (χ1n) is 5.88. The van der Waals surface area contributed by atoms with E-state index in [4.69, 9.17) is 5.73 Å². The van der Waals surface area contributed by atoms with E-state index in [-0.39, 0.29) is 18.6 Å². The normalized spacial score (nSPS) is 15.0. The maximum atomic E-state index is 13.7. The first-order valence-corrected chi connectivity index (χ1v) is 5.88. The van der Waals surface area contributed by atoms with Crippen LogP contribution in [0.15, 0.2) is 18.2 Å². The first-order chi connectivity index (χ1) is 8.02. The number of halogens is 2. The molecule has 1 aromatic carbocycles. The van der Waals surface area contributed by atoms with Gasteiger partial charge in [-0.05, 0) is 26.5 Å². The van der Waals surface area contributed by atoms with E-state index in [1.54, 1.807) is 6.07 Å². The van der Waals surface area contributed by atoms with Gasteiger partial charge in [0.05, 0.1) is 0 Å². The van der Waals surface area contributed by atoms with E-state index in [1.807, 2.05) is 18.9 Å². The van der Waals surface area contributed by atoms with Gasteiger partial charge in [-0.2, -0.15) is 0 Å². The second-order valence-corrected chi connectivity index (χ2v) is 4.32. The number of benzene rings is 1. The molecule has 0 heterocycles. The Kier molecular flexibility index (Phi) is 5.02. The molecule has 0 radical (unpaired) electrons. The molecule has 2 N–H and O–H groups in total. The molecule has 0 bridgehead atoms. The molecule has 0 aliphatic heterocycles. The van der Waals surface area contributed by atoms with Gasteiger partial charge in [-0.3, -0.25) is 4.90 Å². The van der Waals surface area contributed by atoms with Gasteiger partial charge in [-0.15, -0.1) is 0 Å². The molecule has 0 aliphatic carbocycles. The number of hydrogen-bond acceptors (Lipinski definition) is 2. The molecule has 96 valence electrons. The lowest BCUT2D eigenvalue weighted by Crippen LogP contribution is -2.37. The second-order valence-electron chi connectivity index (χ2n) is 4.32. The molecule has 1 rings (SSSR count). The van der Waals surface area contributed by atoms with E-state index in [0.717, 1.165) is 12.5 Å². The molecule has 0 aliphatic rings. The van der Waals surface area contributed by atoms with Gasteiger partial charge in [0.2, 0.25) is 0 Å². The van der Waals surface area contributed by atoms with Crippen LogP contribution in [-0.4, -0.2) is 24.5 Å². The topological polar surface area (TPSA) is 29.3 Å². The molecule has 0 fully saturated rings. The highest BCUT2D eigenvalue weighted by atomic mass is 19.2. The number of likely N-dealkylation sites (N-methyl/N-ethyl adjacent to an activating group) is 1. The van der Waals surface area contributed by atoms with Crippen molar-refractivity contribution in [3.8, 4) is 0 Å². The van der Waals surface area contributed by atoms with Gasteiger partial charge in [0.25, 0.3) is 0 Å². The smallest absolute Gasteiger partial charge is 0.163 e. The van der Waals surface area contributed by atoms with E-state index in [2.05, 4.69) is 6.92 Å². The minimum absolute atomic E-state index is 0.265. The lowest BCUT2D eigenvalue weighted by Gasteiger charge is -2.32. The summed E-state index contributed by atoms with van der Waals surface area (Å²) in [6, 6.07) is 4.21. The number of hydrogen-bond donors (Lipinski definition) is 1. The highest BCUT2D eigenvalue weighted by molar-refractivity contribution is 5.23. The fourth-order valence-corrected chi connectivity index (χ4v) is 1.89. The summed E-state index contributed by atoms with van der Waals surface area (Å²) >= 11 is 0. The zero-order valence-corrected chi connectivity index (χ0v) is 10.6. The molecule has 1 aromatic rings. The summed E-state index contributed by atoms with van der Waals surface area (Å²) in [5, 5.41) is 0. The lowest BCUT2D eigenvalue weighted by molar-refractivity contribution is 0.180. The number of nitrogens with two attached hydrogens (primary N) is 1. The molecule has 2 unspecified atom stereocenters. The maximum absolute atomic E-state index is 13.7. The van der Waals surface area contributed by atoms with Crippen LogP contribution in [0.1, 0.15) is 31.9 Å². The van der Waals surface area contributed by atoms with Crippen molar-refractivity contribution < 1.29 is 8.78 Å². The molecule has 0 amide bonds. The molecule has 4 heteroatoms. The van der Waals surface area contributed by atoms with Gasteiger partial charge in [0, 0.05) is 24.2 Å². The monoisotopic (exact) mass is 242 g/mol. The van der Waals surface area contributed by atoms with Crippen molar-refractivity contribution in [3.05, 3.63) is 35.4 Å². The Bertz CT molecular complexity index is 368. The van der Waals surface area contributed by atoms with Gasteiger partial charge < -0.3 is 5.73 Å². The van der Waals surface area contributed by atoms with Crippen LogP contribution in [0.2, 0.25) is 0 Å². The van der Waals surface area contributed by atoms with Crippen molar-refractivity contribution in [2.45, 2.75) is 32.4 Å². The molecule has 0 aromatic heterocycles. The van der Waals surface area contributed by atoms with Gasteiger partial charge >= 0.3 is 0 Å². The van der Waals surface area contributed by atoms with Gasteiger partial charge in [0.15, 0.2) is 11.6 Å². The van der Waals surface area contributed by atoms with E-state index in [1.165, 1.54) is 6.07 Å². The van der Waals surface area contributed by atoms with Crippen LogP contribution in [0.4, 0.5) is 8.78 Å². The molecule has 0 spiro atoms. The van der Waals surface area contributed by atoms with Crippen LogP contribution >= 0.6 is 0 Å². The van der Waals surface area contributed by atoms with Gasteiger partial charge in [-0.25, -0.2) is 8.78 Å². The highest BCUT2D eigenvalue weighted by Gasteiger charge is 2.23. The molecule has 2 nitrogen and oxygen atoms in total. The van der Waals surface area contributed by atoms with Crippen LogP contribution in [-0.2, 0) is 0 Å². The summed E-state index contributed by atoms with van der Waals surface area (Å²) in [7, 11) is 1.88. The van der Waals surface area contributed by atoms with Crippen molar-refractivity contribution in [1.29, 1.82) is 0 Å². The third kappa shape index (κ3) is 3.01. The SMILES string of the molecule is CCC(C)N(C)C(CN)c1cccc(F)c1F. The van der Waals surface area contributed by atoms with E-state index >= 15 is 0 Å². The second kappa shape index (κ2) is 6.07. The fourth-order valence-electron chi connectivity index (χ4n) is 1.89. The molecular formula is C13H20F2N2. The molecule has 2 atom stereocenters. The summed E-state index contributed by atoms with van der Waals surface area (Å²) < 4.78 is 26.9. The molecule has 0 saturated carbocycles. The Morgan fingerprint density at radius 2 is 2.00 bits per heavy atom. The Morgan fingerprint density at radius 3 is 2.53 bits per heavy atom. The zero-order chi connectivity index (χ0) is 13.0. The minimum atomic E-state index is -0.821. The molecular weight excluding hydrogens is 222 g/mol. The standard InChI is InChI=1S/C13H20F2N2/c1-4-9(2)17(3)12(8-16)10-6-5-7-11(14)13(10)15/h5-7,9,12H,4,8,16H2,1-3H3. The van der Waals surface area contributed by atoms with Crippen molar-refractivity contribution in [2.24, 2.45) is 5.73 Å². The molecule has 17 heavy (non-hydrogen) atoms. The Hall–Kier alpha value is -1.00. The zero-order valence-electron chi connectivity index (χ0n) is 10.6. The van der Waals surface area contributed by atoms with Gasteiger partial charge in [-0.1, -0.05) is 19.1 Å². The third-order valence-electron chi connectivity index (χ3n) is 3.34. The fraction of sp³-hybridized carbons (Fsp3) is 0.538. The molecule has 0 saturated heterocycles. The predicted octanol–water partition coefficient (Wildman–Crippen LogP) is 2.69. The number of rotatable bonds is 5. The maximum Gasteiger partial charge on any atom is 0.163 e. The Morgan fingerprint density at radius 1 is 1.35 bits per heavy atom. The van der Waals surface area contributed by atoms with Gasteiger partial charge in [0.1, 0.15) is 0 Å². The largest absolute Gasteiger partial charge is 0.329 e. The Balaban J connectivity index is 3.05. The van der Waals surface area contributed by atoms with Crippen LogP contribution in [0.3, 0.4) is 0 Å². The lowest BCUT2D eigenvalue weighted by atomic mass is 10.0. The summed E-state index contributed by atoms with van der Waals surface area (Å²) in [6.45, 7) is 4.36. The first kappa shape index (κ1) is 14.1. The summed E-state index contributed by atoms with van der Waals surface area (Å²) in [5.41, 5.74) is 6.02. The number of nitrogens with zero attached hydrogens (tertiary/aromatic N) is 1. The van der Waals surface area contributed by atoms with Crippen molar-refractivity contribution in [1.82, 2.24) is 4.90 Å². The average molecular weight is 242 g/mol. The summed E-state index contributed by atoms with van der Waals surface area (Å²) in [4.78, 5) is 1.98. The van der Waals surface area contributed by atoms with Crippen molar-refractivity contribution in [2.75, 3.05) is 13.6 Å².